The fraction of sp³-hybridized carbons (Fsp3) is 0.667. The predicted octanol–water partition coefficient (Wildman–Crippen LogP) is 3.43. The van der Waals surface area contributed by atoms with Crippen LogP contribution < -0.4 is 4.90 Å². The van der Waals surface area contributed by atoms with Crippen molar-refractivity contribution in [3.05, 3.63) is 21.4 Å². The number of hydrogen-bond donors (Lipinski definition) is 1. The van der Waals surface area contributed by atoms with Gasteiger partial charge in [-0.25, -0.2) is 4.79 Å². The topological polar surface area (TPSA) is 62.7 Å². The highest BCUT2D eigenvalue weighted by Gasteiger charge is 2.41. The molecule has 6 heteroatoms. The van der Waals surface area contributed by atoms with Crippen molar-refractivity contribution in [1.29, 1.82) is 0 Å². The summed E-state index contributed by atoms with van der Waals surface area (Å²) < 4.78 is 6.09. The molecule has 132 valence electrons. The van der Waals surface area contributed by atoms with Crippen LogP contribution in [0.5, 0.6) is 0 Å². The molecule has 0 spiro atoms. The van der Waals surface area contributed by atoms with Crippen molar-refractivity contribution in [2.24, 2.45) is 5.92 Å². The first-order valence-corrected chi connectivity index (χ1v) is 9.40. The number of rotatable bonds is 4. The molecular formula is C18H25BrN2O3. The van der Waals surface area contributed by atoms with E-state index in [-0.39, 0.29) is 6.10 Å². The van der Waals surface area contributed by atoms with Gasteiger partial charge in [-0.3, -0.25) is 4.98 Å². The molecule has 1 aliphatic heterocycles. The number of halogens is 1. The van der Waals surface area contributed by atoms with E-state index in [2.05, 4.69) is 25.8 Å². The van der Waals surface area contributed by atoms with E-state index in [1.165, 1.54) is 19.3 Å². The van der Waals surface area contributed by atoms with Gasteiger partial charge < -0.3 is 14.7 Å². The van der Waals surface area contributed by atoms with E-state index in [9.17, 15) is 9.90 Å². The number of ether oxygens (including phenoxy) is 1. The average molecular weight is 397 g/mol. The third kappa shape index (κ3) is 3.06. The zero-order valence-corrected chi connectivity index (χ0v) is 16.3. The Balaban J connectivity index is 2.05. The summed E-state index contributed by atoms with van der Waals surface area (Å²) in [5.41, 5.74) is 3.05. The van der Waals surface area contributed by atoms with E-state index in [0.29, 0.717) is 23.2 Å². The number of nitrogens with zero attached hydrogens (tertiary/aromatic N) is 2. The van der Waals surface area contributed by atoms with Crippen molar-refractivity contribution in [2.45, 2.75) is 65.2 Å². The number of fused-ring (bicyclic) bond motifs is 2. The predicted molar refractivity (Wildman–Crippen MR) is 96.1 cm³/mol. The quantitative estimate of drug-likeness (QED) is 0.789. The van der Waals surface area contributed by atoms with Crippen molar-refractivity contribution < 1.29 is 14.6 Å². The smallest absolute Gasteiger partial charge is 0.340 e. The second-order valence-corrected chi connectivity index (χ2v) is 8.03. The maximum absolute atomic E-state index is 12.3. The number of hydrogen-bond acceptors (Lipinski definition) is 5. The Morgan fingerprint density at radius 2 is 2.04 bits per heavy atom. The first kappa shape index (κ1) is 17.7. The SMILES string of the molecule is Cc1nc(C)c([C@H](O)C(=O)OC(C)C)c(N2CC3CCC2C3)c1Br. The molecule has 1 saturated heterocycles. The lowest BCUT2D eigenvalue weighted by molar-refractivity contribution is -0.157. The lowest BCUT2D eigenvalue weighted by Gasteiger charge is -2.33. The molecule has 1 N–H and O–H groups in total. The summed E-state index contributed by atoms with van der Waals surface area (Å²) in [6.07, 6.45) is 2.06. The van der Waals surface area contributed by atoms with Gasteiger partial charge in [0.15, 0.2) is 6.10 Å². The number of piperidine rings is 1. The number of aliphatic hydroxyl groups is 1. The molecule has 3 rings (SSSR count). The van der Waals surface area contributed by atoms with Crippen LogP contribution >= 0.6 is 15.9 Å². The molecule has 2 heterocycles. The Morgan fingerprint density at radius 1 is 1.33 bits per heavy atom. The van der Waals surface area contributed by atoms with E-state index in [4.69, 9.17) is 4.74 Å². The van der Waals surface area contributed by atoms with E-state index in [1.54, 1.807) is 13.8 Å². The van der Waals surface area contributed by atoms with E-state index >= 15 is 0 Å². The highest BCUT2D eigenvalue weighted by atomic mass is 79.9. The molecule has 24 heavy (non-hydrogen) atoms. The van der Waals surface area contributed by atoms with Gasteiger partial charge in [0.2, 0.25) is 0 Å². The number of carbonyl (C=O) groups is 1. The lowest BCUT2D eigenvalue weighted by atomic mass is 10.0. The van der Waals surface area contributed by atoms with Crippen LogP contribution in [0.3, 0.4) is 0 Å². The minimum absolute atomic E-state index is 0.263. The summed E-state index contributed by atoms with van der Waals surface area (Å²) >= 11 is 3.65. The van der Waals surface area contributed by atoms with Crippen molar-refractivity contribution in [3.8, 4) is 0 Å². The van der Waals surface area contributed by atoms with Crippen LogP contribution in [-0.4, -0.2) is 34.8 Å². The van der Waals surface area contributed by atoms with Crippen LogP contribution in [0.25, 0.3) is 0 Å². The summed E-state index contributed by atoms with van der Waals surface area (Å²) in [6.45, 7) is 8.32. The fourth-order valence-corrected chi connectivity index (χ4v) is 4.57. The molecule has 2 fully saturated rings. The van der Waals surface area contributed by atoms with Crippen LogP contribution in [-0.2, 0) is 9.53 Å². The standard InChI is InChI=1S/C18H25BrN2O3/c1-9(2)24-18(23)17(22)14-10(3)20-11(4)15(19)16(14)21-8-12-5-6-13(21)7-12/h9,12-13,17,22H,5-8H2,1-4H3/t12?,13?,17-/m0/s1. The van der Waals surface area contributed by atoms with E-state index < -0.39 is 12.1 Å². The van der Waals surface area contributed by atoms with Crippen molar-refractivity contribution >= 4 is 27.6 Å². The molecule has 1 aliphatic carbocycles. The van der Waals surface area contributed by atoms with Crippen LogP contribution in [0.15, 0.2) is 4.47 Å². The van der Waals surface area contributed by atoms with Gasteiger partial charge in [-0.15, -0.1) is 0 Å². The number of aliphatic hydroxyl groups excluding tert-OH is 1. The number of anilines is 1. The van der Waals surface area contributed by atoms with Gasteiger partial charge >= 0.3 is 5.97 Å². The zero-order chi connectivity index (χ0) is 17.6. The molecular weight excluding hydrogens is 372 g/mol. The molecule has 2 aliphatic rings. The van der Waals surface area contributed by atoms with Gasteiger partial charge in [0.1, 0.15) is 0 Å². The molecule has 3 atom stereocenters. The normalized spacial score (nSPS) is 23.9. The van der Waals surface area contributed by atoms with Crippen molar-refractivity contribution in [1.82, 2.24) is 4.98 Å². The molecule has 0 amide bonds. The lowest BCUT2D eigenvalue weighted by Crippen LogP contribution is -2.34. The van der Waals surface area contributed by atoms with Crippen LogP contribution in [0.2, 0.25) is 0 Å². The Kier molecular flexibility index (Phi) is 4.89. The highest BCUT2D eigenvalue weighted by molar-refractivity contribution is 9.10. The molecule has 1 aromatic rings. The average Bonchev–Trinajstić information content (AvgIpc) is 3.12. The van der Waals surface area contributed by atoms with Crippen LogP contribution in [0.4, 0.5) is 5.69 Å². The number of carbonyl (C=O) groups excluding carboxylic acids is 1. The largest absolute Gasteiger partial charge is 0.461 e. The fourth-order valence-electron chi connectivity index (χ4n) is 4.04. The third-order valence-corrected chi connectivity index (χ3v) is 6.00. The highest BCUT2D eigenvalue weighted by Crippen LogP contribution is 2.46. The van der Waals surface area contributed by atoms with Gasteiger partial charge in [0, 0.05) is 23.8 Å². The maximum atomic E-state index is 12.3. The minimum atomic E-state index is -1.31. The number of aromatic nitrogens is 1. The van der Waals surface area contributed by atoms with E-state index in [0.717, 1.165) is 22.4 Å². The third-order valence-electron chi connectivity index (χ3n) is 5.05. The Hall–Kier alpha value is -1.14. The Bertz CT molecular complexity index is 662. The van der Waals surface area contributed by atoms with Gasteiger partial charge in [-0.05, 0) is 68.8 Å². The summed E-state index contributed by atoms with van der Waals surface area (Å²) in [6, 6.07) is 0.486. The maximum Gasteiger partial charge on any atom is 0.340 e. The first-order chi connectivity index (χ1) is 11.3. The molecule has 0 radical (unpaired) electrons. The van der Waals surface area contributed by atoms with Gasteiger partial charge in [-0.2, -0.15) is 0 Å². The van der Waals surface area contributed by atoms with Crippen molar-refractivity contribution in [2.75, 3.05) is 11.4 Å². The summed E-state index contributed by atoms with van der Waals surface area (Å²) in [5, 5.41) is 10.7. The summed E-state index contributed by atoms with van der Waals surface area (Å²) in [4.78, 5) is 19.2. The number of esters is 1. The number of pyridine rings is 1. The second kappa shape index (κ2) is 6.64. The molecule has 2 bridgehead atoms. The van der Waals surface area contributed by atoms with Crippen LogP contribution in [0.1, 0.15) is 56.2 Å². The summed E-state index contributed by atoms with van der Waals surface area (Å²) in [7, 11) is 0. The van der Waals surface area contributed by atoms with Crippen LogP contribution in [0, 0.1) is 19.8 Å². The van der Waals surface area contributed by atoms with Gasteiger partial charge in [-0.1, -0.05) is 0 Å². The van der Waals surface area contributed by atoms with Gasteiger partial charge in [0.25, 0.3) is 0 Å². The van der Waals surface area contributed by atoms with Gasteiger partial charge in [0.05, 0.1) is 22.0 Å². The molecule has 1 saturated carbocycles. The minimum Gasteiger partial charge on any atom is -0.461 e. The summed E-state index contributed by atoms with van der Waals surface area (Å²) in [5.74, 6) is 0.0968. The zero-order valence-electron chi connectivity index (χ0n) is 14.7. The monoisotopic (exact) mass is 396 g/mol. The first-order valence-electron chi connectivity index (χ1n) is 8.61. The molecule has 0 aromatic carbocycles. The number of aryl methyl sites for hydroxylation is 2. The Labute approximate surface area is 151 Å². The molecule has 1 aromatic heterocycles. The Morgan fingerprint density at radius 3 is 2.58 bits per heavy atom. The van der Waals surface area contributed by atoms with E-state index in [1.807, 2.05) is 13.8 Å². The van der Waals surface area contributed by atoms with Crippen molar-refractivity contribution in [3.63, 3.8) is 0 Å². The molecule has 5 nitrogen and oxygen atoms in total. The second-order valence-electron chi connectivity index (χ2n) is 7.23. The molecule has 2 unspecified atom stereocenters.